The normalized spacial score (nSPS) is 16.3. The molecule has 30 heavy (non-hydrogen) atoms. The van der Waals surface area contributed by atoms with E-state index in [9.17, 15) is 19.7 Å². The molecule has 1 unspecified atom stereocenters. The fourth-order valence-corrected chi connectivity index (χ4v) is 3.17. The Balaban J connectivity index is 2.74. The molecule has 10 nitrogen and oxygen atoms in total. The molecule has 1 heterocycles. The zero-order valence-electron chi connectivity index (χ0n) is 17.9. The van der Waals surface area contributed by atoms with Crippen LogP contribution >= 0.6 is 0 Å². The minimum absolute atomic E-state index is 0.0368. The number of nitro groups is 1. The number of benzene rings is 1. The van der Waals surface area contributed by atoms with Gasteiger partial charge in [0.25, 0.3) is 0 Å². The minimum Gasteiger partial charge on any atom is -0.490 e. The largest absolute Gasteiger partial charge is 0.490 e. The van der Waals surface area contributed by atoms with Crippen LogP contribution in [0.5, 0.6) is 11.5 Å². The molecular weight excluding hydrogens is 394 g/mol. The highest BCUT2D eigenvalue weighted by atomic mass is 16.6. The molecule has 2 N–H and O–H groups in total. The summed E-state index contributed by atoms with van der Waals surface area (Å²) in [6.07, 6.45) is -0.388. The Labute approximate surface area is 174 Å². The highest BCUT2D eigenvalue weighted by molar-refractivity contribution is 5.95. The topological polar surface area (TPSA) is 129 Å². The lowest BCUT2D eigenvalue weighted by molar-refractivity contribution is -0.385. The second kappa shape index (κ2) is 9.47. The van der Waals surface area contributed by atoms with E-state index in [1.165, 1.54) is 19.2 Å². The van der Waals surface area contributed by atoms with Crippen LogP contribution in [0.4, 0.5) is 10.5 Å². The lowest BCUT2D eigenvalue weighted by atomic mass is 9.91. The molecule has 1 atom stereocenters. The number of carbonyl (C=O) groups is 2. The number of esters is 1. The molecule has 0 aromatic heterocycles. The number of nitrogens with one attached hydrogen (secondary N) is 2. The Hall–Kier alpha value is -3.30. The zero-order valence-corrected chi connectivity index (χ0v) is 17.9. The van der Waals surface area contributed by atoms with Crippen LogP contribution in [-0.2, 0) is 9.53 Å². The minimum atomic E-state index is -0.966. The number of nitro benzene ring substituents is 1. The number of rotatable bonds is 8. The summed E-state index contributed by atoms with van der Waals surface area (Å²) in [6.45, 7) is 9.04. The lowest BCUT2D eigenvalue weighted by Crippen LogP contribution is -2.47. The van der Waals surface area contributed by atoms with Crippen molar-refractivity contribution in [3.05, 3.63) is 39.1 Å². The predicted octanol–water partition coefficient (Wildman–Crippen LogP) is 3.22. The van der Waals surface area contributed by atoms with Gasteiger partial charge in [0.2, 0.25) is 5.75 Å². The highest BCUT2D eigenvalue weighted by Gasteiger charge is 2.37. The molecule has 164 valence electrons. The van der Waals surface area contributed by atoms with Crippen LogP contribution in [0.2, 0.25) is 0 Å². The van der Waals surface area contributed by atoms with Crippen molar-refractivity contribution in [2.75, 3.05) is 13.7 Å². The molecule has 0 spiro atoms. The number of amides is 2. The van der Waals surface area contributed by atoms with Crippen molar-refractivity contribution < 1.29 is 28.7 Å². The van der Waals surface area contributed by atoms with Gasteiger partial charge in [-0.25, -0.2) is 9.59 Å². The molecule has 1 aliphatic heterocycles. The van der Waals surface area contributed by atoms with E-state index in [2.05, 4.69) is 10.6 Å². The van der Waals surface area contributed by atoms with Crippen LogP contribution in [0.25, 0.3) is 0 Å². The van der Waals surface area contributed by atoms with E-state index in [1.807, 2.05) is 13.8 Å². The average molecular weight is 421 g/mol. The van der Waals surface area contributed by atoms with Crippen LogP contribution in [0, 0.1) is 16.0 Å². The SMILES string of the molecule is CCOc1cc(C2NC(=O)NC(C(C)C)=C2C(=O)OC(C)C)cc([N+](=O)[O-])c1OC. The number of urea groups is 1. The summed E-state index contributed by atoms with van der Waals surface area (Å²) in [6, 6.07) is 1.29. The molecule has 0 bridgehead atoms. The summed E-state index contributed by atoms with van der Waals surface area (Å²) in [5.74, 6) is -0.722. The standard InChI is InChI=1S/C20H27N3O7/c1-7-29-14-9-12(8-13(23(26)27)18(14)28-6)17-15(19(24)30-11(4)5)16(10(2)3)21-20(25)22-17/h8-11,17H,7H2,1-6H3,(H2,21,22,25). The van der Waals surface area contributed by atoms with Crippen molar-refractivity contribution in [1.82, 2.24) is 10.6 Å². The van der Waals surface area contributed by atoms with Crippen molar-refractivity contribution >= 4 is 17.7 Å². The van der Waals surface area contributed by atoms with Crippen LogP contribution in [0.1, 0.15) is 46.2 Å². The lowest BCUT2D eigenvalue weighted by Gasteiger charge is -2.31. The summed E-state index contributed by atoms with van der Waals surface area (Å²) in [7, 11) is 1.30. The van der Waals surface area contributed by atoms with Crippen molar-refractivity contribution in [3.63, 3.8) is 0 Å². The first-order chi connectivity index (χ1) is 14.1. The summed E-state index contributed by atoms with van der Waals surface area (Å²) < 4.78 is 16.1. The van der Waals surface area contributed by atoms with Crippen LogP contribution in [0.3, 0.4) is 0 Å². The third-order valence-electron chi connectivity index (χ3n) is 4.33. The van der Waals surface area contributed by atoms with Crippen molar-refractivity contribution in [2.45, 2.75) is 46.8 Å². The summed E-state index contributed by atoms with van der Waals surface area (Å²) >= 11 is 0. The van der Waals surface area contributed by atoms with Crippen LogP contribution < -0.4 is 20.1 Å². The second-order valence-corrected chi connectivity index (χ2v) is 7.23. The molecule has 2 rings (SSSR count). The average Bonchev–Trinajstić information content (AvgIpc) is 2.66. The van der Waals surface area contributed by atoms with Crippen molar-refractivity contribution in [3.8, 4) is 11.5 Å². The van der Waals surface area contributed by atoms with E-state index in [0.717, 1.165) is 0 Å². The maximum Gasteiger partial charge on any atom is 0.338 e. The van der Waals surface area contributed by atoms with Gasteiger partial charge in [0.15, 0.2) is 5.75 Å². The molecule has 1 aromatic rings. The fraction of sp³-hybridized carbons (Fsp3) is 0.500. The van der Waals surface area contributed by atoms with E-state index in [4.69, 9.17) is 14.2 Å². The van der Waals surface area contributed by atoms with E-state index in [1.54, 1.807) is 20.8 Å². The van der Waals surface area contributed by atoms with E-state index in [-0.39, 0.29) is 41.4 Å². The quantitative estimate of drug-likeness (QED) is 0.374. The van der Waals surface area contributed by atoms with Crippen molar-refractivity contribution in [1.29, 1.82) is 0 Å². The Morgan fingerprint density at radius 1 is 1.27 bits per heavy atom. The third kappa shape index (κ3) is 4.81. The molecular formula is C20H27N3O7. The summed E-state index contributed by atoms with van der Waals surface area (Å²) in [4.78, 5) is 36.2. The molecule has 2 amide bonds. The Morgan fingerprint density at radius 3 is 2.43 bits per heavy atom. The van der Waals surface area contributed by atoms with Crippen molar-refractivity contribution in [2.24, 2.45) is 5.92 Å². The summed E-state index contributed by atoms with van der Waals surface area (Å²) in [5, 5.41) is 17.0. The van der Waals surface area contributed by atoms with Gasteiger partial charge >= 0.3 is 17.7 Å². The Bertz CT molecular complexity index is 877. The van der Waals surface area contributed by atoms with Crippen LogP contribution in [-0.4, -0.2) is 36.7 Å². The first-order valence-electron chi connectivity index (χ1n) is 9.62. The van der Waals surface area contributed by atoms with Gasteiger partial charge < -0.3 is 24.8 Å². The molecule has 0 saturated carbocycles. The number of hydrogen-bond donors (Lipinski definition) is 2. The number of allylic oxidation sites excluding steroid dienone is 1. The maximum absolute atomic E-state index is 12.9. The third-order valence-corrected chi connectivity index (χ3v) is 4.33. The van der Waals surface area contributed by atoms with Gasteiger partial charge in [-0.05, 0) is 38.3 Å². The number of methoxy groups -OCH3 is 1. The van der Waals surface area contributed by atoms with Gasteiger partial charge in [-0.1, -0.05) is 13.8 Å². The van der Waals surface area contributed by atoms with Crippen LogP contribution in [0.15, 0.2) is 23.4 Å². The number of nitrogens with zero attached hydrogens (tertiary/aromatic N) is 1. The van der Waals surface area contributed by atoms with Gasteiger partial charge in [-0.3, -0.25) is 10.1 Å². The van der Waals surface area contributed by atoms with Gasteiger partial charge in [-0.15, -0.1) is 0 Å². The first-order valence-corrected chi connectivity index (χ1v) is 9.62. The number of hydrogen-bond acceptors (Lipinski definition) is 7. The van der Waals surface area contributed by atoms with E-state index < -0.39 is 23.0 Å². The van der Waals surface area contributed by atoms with E-state index in [0.29, 0.717) is 11.3 Å². The van der Waals surface area contributed by atoms with Gasteiger partial charge in [0.1, 0.15) is 0 Å². The second-order valence-electron chi connectivity index (χ2n) is 7.23. The van der Waals surface area contributed by atoms with E-state index >= 15 is 0 Å². The van der Waals surface area contributed by atoms with Gasteiger partial charge in [-0.2, -0.15) is 0 Å². The predicted molar refractivity (Wildman–Crippen MR) is 108 cm³/mol. The molecule has 10 heteroatoms. The fourth-order valence-electron chi connectivity index (χ4n) is 3.17. The number of carbonyl (C=O) groups excluding carboxylic acids is 2. The molecule has 0 aliphatic carbocycles. The first kappa shape index (κ1) is 23.0. The Kier molecular flexibility index (Phi) is 7.25. The molecule has 0 fully saturated rings. The molecule has 0 radical (unpaired) electrons. The summed E-state index contributed by atoms with van der Waals surface area (Å²) in [5.41, 5.74) is 0.537. The molecule has 1 aromatic carbocycles. The Morgan fingerprint density at radius 2 is 1.93 bits per heavy atom. The van der Waals surface area contributed by atoms with Gasteiger partial charge in [0, 0.05) is 11.8 Å². The monoisotopic (exact) mass is 421 g/mol. The maximum atomic E-state index is 12.9. The molecule has 0 saturated heterocycles. The van der Waals surface area contributed by atoms with Gasteiger partial charge in [0.05, 0.1) is 36.4 Å². The smallest absolute Gasteiger partial charge is 0.338 e. The highest BCUT2D eigenvalue weighted by Crippen LogP contribution is 2.42. The number of ether oxygens (including phenoxy) is 3. The zero-order chi connectivity index (χ0) is 22.6. The molecule has 1 aliphatic rings.